The summed E-state index contributed by atoms with van der Waals surface area (Å²) in [6, 6.07) is 6.86. The van der Waals surface area contributed by atoms with E-state index in [9.17, 15) is 8.42 Å². The van der Waals surface area contributed by atoms with Gasteiger partial charge in [-0.3, -0.25) is 0 Å². The van der Waals surface area contributed by atoms with E-state index in [1.165, 1.54) is 0 Å². The highest BCUT2D eigenvalue weighted by atomic mass is 32.2. The molecule has 1 heterocycles. The molecule has 0 fully saturated rings. The van der Waals surface area contributed by atoms with Gasteiger partial charge in [-0.2, -0.15) is 0 Å². The topological polar surface area (TPSA) is 59.1 Å². The Morgan fingerprint density at radius 3 is 2.48 bits per heavy atom. The highest BCUT2D eigenvalue weighted by Gasteiger charge is 2.18. The van der Waals surface area contributed by atoms with Gasteiger partial charge in [0.25, 0.3) is 0 Å². The van der Waals surface area contributed by atoms with E-state index in [-0.39, 0.29) is 11.8 Å². The highest BCUT2D eigenvalue weighted by molar-refractivity contribution is 7.91. The molecule has 4 nitrogen and oxygen atoms in total. The zero-order valence-corrected chi connectivity index (χ0v) is 14.1. The van der Waals surface area contributed by atoms with Crippen LogP contribution >= 0.6 is 11.3 Å². The Balaban J connectivity index is 1.94. The second kappa shape index (κ2) is 6.68. The van der Waals surface area contributed by atoms with Crippen LogP contribution in [0.4, 0.5) is 0 Å². The van der Waals surface area contributed by atoms with Crippen molar-refractivity contribution < 1.29 is 8.42 Å². The number of rotatable bonds is 6. The molecule has 0 aliphatic heterocycles. The van der Waals surface area contributed by atoms with E-state index in [1.807, 2.05) is 38.3 Å². The van der Waals surface area contributed by atoms with Crippen molar-refractivity contribution in [3.05, 3.63) is 45.9 Å². The normalized spacial score (nSPS) is 13.3. The molecule has 6 heteroatoms. The lowest BCUT2D eigenvalue weighted by atomic mass is 10.2. The third-order valence-electron chi connectivity index (χ3n) is 3.12. The Bertz CT molecular complexity index is 691. The first-order chi connectivity index (χ1) is 9.87. The van der Waals surface area contributed by atoms with Crippen molar-refractivity contribution in [1.82, 2.24) is 10.3 Å². The van der Waals surface area contributed by atoms with Crippen molar-refractivity contribution >= 4 is 21.2 Å². The molecular weight excluding hydrogens is 304 g/mol. The summed E-state index contributed by atoms with van der Waals surface area (Å²) < 4.78 is 24.6. The lowest BCUT2D eigenvalue weighted by molar-refractivity contribution is 0.555. The van der Waals surface area contributed by atoms with E-state index in [2.05, 4.69) is 10.3 Å². The van der Waals surface area contributed by atoms with Gasteiger partial charge in [0.2, 0.25) is 0 Å². The Labute approximate surface area is 130 Å². The van der Waals surface area contributed by atoms with Gasteiger partial charge in [-0.1, -0.05) is 17.7 Å². The largest absolute Gasteiger partial charge is 0.307 e. The van der Waals surface area contributed by atoms with Gasteiger partial charge in [0.1, 0.15) is 5.01 Å². The number of nitrogens with zero attached hydrogens (tertiary/aromatic N) is 1. The zero-order chi connectivity index (χ0) is 15.5. The van der Waals surface area contributed by atoms with Gasteiger partial charge in [0.05, 0.1) is 10.6 Å². The van der Waals surface area contributed by atoms with Crippen LogP contribution in [0.2, 0.25) is 0 Å². The van der Waals surface area contributed by atoms with E-state index in [0.717, 1.165) is 16.3 Å². The van der Waals surface area contributed by atoms with Crippen molar-refractivity contribution in [2.45, 2.75) is 38.3 Å². The molecule has 1 aromatic carbocycles. The molecule has 0 saturated carbocycles. The lowest BCUT2D eigenvalue weighted by Gasteiger charge is -2.13. The second-order valence-electron chi connectivity index (χ2n) is 5.26. The predicted molar refractivity (Wildman–Crippen MR) is 86.4 cm³/mol. The van der Waals surface area contributed by atoms with Crippen molar-refractivity contribution in [3.63, 3.8) is 0 Å². The van der Waals surface area contributed by atoms with Crippen LogP contribution in [0.5, 0.6) is 0 Å². The van der Waals surface area contributed by atoms with E-state index in [0.29, 0.717) is 11.4 Å². The van der Waals surface area contributed by atoms with Gasteiger partial charge in [0.15, 0.2) is 9.84 Å². The summed E-state index contributed by atoms with van der Waals surface area (Å²) in [5.74, 6) is 0.0837. The van der Waals surface area contributed by atoms with E-state index < -0.39 is 9.84 Å². The molecule has 0 aliphatic carbocycles. The van der Waals surface area contributed by atoms with Crippen LogP contribution in [-0.2, 0) is 16.4 Å². The van der Waals surface area contributed by atoms with E-state index >= 15 is 0 Å². The summed E-state index contributed by atoms with van der Waals surface area (Å²) in [7, 11) is -3.25. The predicted octanol–water partition coefficient (Wildman–Crippen LogP) is 2.71. The second-order valence-corrected chi connectivity index (χ2v) is 8.24. The average Bonchev–Trinajstić information content (AvgIpc) is 2.82. The smallest absolute Gasteiger partial charge is 0.179 e. The first-order valence-corrected chi connectivity index (χ1v) is 9.34. The molecule has 0 spiro atoms. The minimum Gasteiger partial charge on any atom is -0.307 e. The van der Waals surface area contributed by atoms with Crippen molar-refractivity contribution in [2.75, 3.05) is 5.75 Å². The number of aryl methyl sites for hydroxylation is 2. The number of thiazole rings is 1. The Hall–Kier alpha value is -1.24. The van der Waals surface area contributed by atoms with Crippen LogP contribution in [0.3, 0.4) is 0 Å². The summed E-state index contributed by atoms with van der Waals surface area (Å²) in [6.07, 6.45) is 0. The lowest BCUT2D eigenvalue weighted by Crippen LogP contribution is -2.32. The third-order valence-corrected chi connectivity index (χ3v) is 6.01. The summed E-state index contributed by atoms with van der Waals surface area (Å²) >= 11 is 1.58. The zero-order valence-electron chi connectivity index (χ0n) is 12.5. The molecular formula is C15H20N2O2S2. The van der Waals surface area contributed by atoms with Crippen LogP contribution < -0.4 is 5.32 Å². The highest BCUT2D eigenvalue weighted by Crippen LogP contribution is 2.14. The fourth-order valence-corrected chi connectivity index (χ4v) is 4.22. The monoisotopic (exact) mass is 324 g/mol. The summed E-state index contributed by atoms with van der Waals surface area (Å²) in [6.45, 7) is 6.37. The van der Waals surface area contributed by atoms with Crippen LogP contribution in [0, 0.1) is 13.8 Å². The fraction of sp³-hybridized carbons (Fsp3) is 0.400. The minimum absolute atomic E-state index is 0.0837. The maximum absolute atomic E-state index is 12.3. The number of hydrogen-bond donors (Lipinski definition) is 1. The Kier molecular flexibility index (Phi) is 5.13. The van der Waals surface area contributed by atoms with Gasteiger partial charge in [-0.15, -0.1) is 11.3 Å². The molecule has 2 rings (SSSR count). The average molecular weight is 324 g/mol. The number of aromatic nitrogens is 1. The molecule has 1 aromatic heterocycles. The van der Waals surface area contributed by atoms with E-state index in [1.54, 1.807) is 23.5 Å². The first kappa shape index (κ1) is 16.1. The maximum Gasteiger partial charge on any atom is 0.179 e. The van der Waals surface area contributed by atoms with E-state index in [4.69, 9.17) is 0 Å². The quantitative estimate of drug-likeness (QED) is 0.887. The number of nitrogens with one attached hydrogen (secondary N) is 1. The van der Waals surface area contributed by atoms with Crippen LogP contribution in [0.1, 0.15) is 23.2 Å². The van der Waals surface area contributed by atoms with Gasteiger partial charge < -0.3 is 5.32 Å². The molecule has 0 amide bonds. The van der Waals surface area contributed by atoms with Gasteiger partial charge in [0, 0.05) is 23.7 Å². The van der Waals surface area contributed by atoms with Crippen LogP contribution in [0.25, 0.3) is 0 Å². The molecule has 0 radical (unpaired) electrons. The molecule has 0 aliphatic rings. The molecule has 0 bridgehead atoms. The molecule has 21 heavy (non-hydrogen) atoms. The Morgan fingerprint density at radius 2 is 1.90 bits per heavy atom. The van der Waals surface area contributed by atoms with Gasteiger partial charge in [-0.25, -0.2) is 13.4 Å². The SMILES string of the molecule is Cc1ccc(S(=O)(=O)C[C@@H](C)NCc2nc(C)cs2)cc1. The summed E-state index contributed by atoms with van der Waals surface area (Å²) in [4.78, 5) is 4.73. The summed E-state index contributed by atoms with van der Waals surface area (Å²) in [5, 5.41) is 6.19. The Morgan fingerprint density at radius 1 is 1.24 bits per heavy atom. The van der Waals surface area contributed by atoms with Crippen LogP contribution in [0.15, 0.2) is 34.5 Å². The molecule has 0 saturated heterocycles. The molecule has 1 N–H and O–H groups in total. The standard InChI is InChI=1S/C15H20N2O2S2/c1-11-4-6-14(7-5-11)21(18,19)10-13(3)16-8-15-17-12(2)9-20-15/h4-7,9,13,16H,8,10H2,1-3H3/t13-/m1/s1. The van der Waals surface area contributed by atoms with Crippen LogP contribution in [-0.4, -0.2) is 25.2 Å². The van der Waals surface area contributed by atoms with Gasteiger partial charge >= 0.3 is 0 Å². The van der Waals surface area contributed by atoms with Gasteiger partial charge in [-0.05, 0) is 32.9 Å². The number of sulfone groups is 1. The number of hydrogen-bond acceptors (Lipinski definition) is 5. The molecule has 1 atom stereocenters. The molecule has 2 aromatic rings. The summed E-state index contributed by atoms with van der Waals surface area (Å²) in [5.41, 5.74) is 2.05. The first-order valence-electron chi connectivity index (χ1n) is 6.80. The minimum atomic E-state index is -3.25. The molecule has 0 unspecified atom stereocenters. The maximum atomic E-state index is 12.3. The number of benzene rings is 1. The van der Waals surface area contributed by atoms with Crippen molar-refractivity contribution in [1.29, 1.82) is 0 Å². The van der Waals surface area contributed by atoms with Crippen molar-refractivity contribution in [2.24, 2.45) is 0 Å². The molecule has 114 valence electrons. The fourth-order valence-electron chi connectivity index (χ4n) is 1.98. The third kappa shape index (κ3) is 4.62. The van der Waals surface area contributed by atoms with Crippen molar-refractivity contribution in [3.8, 4) is 0 Å².